The summed E-state index contributed by atoms with van der Waals surface area (Å²) in [7, 11) is -0.220. The lowest BCUT2D eigenvalue weighted by molar-refractivity contribution is 0.253. The van der Waals surface area contributed by atoms with Gasteiger partial charge in [0.15, 0.2) is 5.82 Å². The van der Waals surface area contributed by atoms with Crippen LogP contribution in [0.3, 0.4) is 0 Å². The van der Waals surface area contributed by atoms with Crippen molar-refractivity contribution in [1.29, 1.82) is 0 Å². The molecule has 130 valence electrons. The van der Waals surface area contributed by atoms with Crippen molar-refractivity contribution in [3.63, 3.8) is 0 Å². The summed E-state index contributed by atoms with van der Waals surface area (Å²) in [4.78, 5) is 16.0. The molecule has 1 atom stereocenters. The van der Waals surface area contributed by atoms with Gasteiger partial charge in [-0.2, -0.15) is 17.0 Å². The van der Waals surface area contributed by atoms with Crippen LogP contribution >= 0.6 is 0 Å². The quantitative estimate of drug-likeness (QED) is 0.865. The molecule has 3 rings (SSSR count). The van der Waals surface area contributed by atoms with E-state index in [1.807, 2.05) is 0 Å². The van der Waals surface area contributed by atoms with Crippen LogP contribution in [0.15, 0.2) is 24.8 Å². The monoisotopic (exact) mass is 350 g/mol. The summed E-state index contributed by atoms with van der Waals surface area (Å²) in [5.41, 5.74) is 1.56. The third kappa shape index (κ3) is 3.63. The smallest absolute Gasteiger partial charge is 0.281 e. The van der Waals surface area contributed by atoms with Crippen molar-refractivity contribution >= 4 is 10.2 Å². The molecular weight excluding hydrogens is 328 g/mol. The maximum absolute atomic E-state index is 12.3. The lowest BCUT2D eigenvalue weighted by Gasteiger charge is -2.33. The molecule has 1 aliphatic heterocycles. The van der Waals surface area contributed by atoms with Crippen LogP contribution in [0, 0.1) is 5.92 Å². The summed E-state index contributed by atoms with van der Waals surface area (Å²) in [6, 6.07) is 0. The van der Waals surface area contributed by atoms with Crippen molar-refractivity contribution in [2.75, 3.05) is 27.2 Å². The fraction of sp³-hybridized carbons (Fsp3) is 0.533. The van der Waals surface area contributed by atoms with Crippen LogP contribution in [0.25, 0.3) is 11.5 Å². The van der Waals surface area contributed by atoms with Gasteiger partial charge in [-0.3, -0.25) is 4.98 Å². The van der Waals surface area contributed by atoms with Gasteiger partial charge in [0.1, 0.15) is 5.69 Å². The van der Waals surface area contributed by atoms with Gasteiger partial charge in [-0.15, -0.1) is 0 Å². The molecule has 3 heterocycles. The molecule has 1 unspecified atom stereocenters. The van der Waals surface area contributed by atoms with Gasteiger partial charge in [-0.25, -0.2) is 9.97 Å². The van der Waals surface area contributed by atoms with E-state index in [1.165, 1.54) is 4.31 Å². The molecule has 2 aromatic heterocycles. The van der Waals surface area contributed by atoms with Crippen molar-refractivity contribution in [3.8, 4) is 11.5 Å². The van der Waals surface area contributed by atoms with E-state index in [0.717, 1.165) is 18.5 Å². The van der Waals surface area contributed by atoms with Crippen LogP contribution in [0.4, 0.5) is 0 Å². The standard InChI is InChI=1S/C15H22N6O2S/c1-20(2)24(22,23)21-7-3-4-12(11-21)8-13-9-16-10-14(19-13)15-17-5-6-18-15/h5-6,9-10,12H,3-4,7-8,11H2,1-2H3,(H,17,18). The molecule has 0 spiro atoms. The Bertz CT molecular complexity index is 775. The number of nitrogens with zero attached hydrogens (tertiary/aromatic N) is 5. The second-order valence-corrected chi connectivity index (χ2v) is 8.34. The lowest BCUT2D eigenvalue weighted by atomic mass is 9.95. The third-order valence-electron chi connectivity index (χ3n) is 4.19. The topological polar surface area (TPSA) is 95.1 Å². The molecule has 0 aromatic carbocycles. The molecule has 9 heteroatoms. The zero-order chi connectivity index (χ0) is 17.2. The Kier molecular flexibility index (Phi) is 4.93. The average molecular weight is 350 g/mol. The summed E-state index contributed by atoms with van der Waals surface area (Å²) in [6.07, 6.45) is 9.40. The molecule has 0 saturated carbocycles. The molecular formula is C15H22N6O2S. The summed E-state index contributed by atoms with van der Waals surface area (Å²) in [5, 5.41) is 0. The molecule has 24 heavy (non-hydrogen) atoms. The second kappa shape index (κ2) is 6.96. The molecule has 1 N–H and O–H groups in total. The Hall–Kier alpha value is -1.84. The predicted octanol–water partition coefficient (Wildman–Crippen LogP) is 0.928. The first-order valence-corrected chi connectivity index (χ1v) is 9.35. The molecule has 0 amide bonds. The van der Waals surface area contributed by atoms with E-state index in [9.17, 15) is 8.42 Å². The number of piperidine rings is 1. The number of imidazole rings is 1. The third-order valence-corrected chi connectivity index (χ3v) is 6.10. The zero-order valence-electron chi connectivity index (χ0n) is 13.9. The van der Waals surface area contributed by atoms with Crippen LogP contribution in [0.2, 0.25) is 0 Å². The Morgan fingerprint density at radius 2 is 2.21 bits per heavy atom. The first kappa shape index (κ1) is 17.0. The number of rotatable bonds is 5. The summed E-state index contributed by atoms with van der Waals surface area (Å²) in [6.45, 7) is 1.10. The van der Waals surface area contributed by atoms with Gasteiger partial charge >= 0.3 is 0 Å². The molecule has 0 bridgehead atoms. The minimum Gasteiger partial charge on any atom is -0.343 e. The summed E-state index contributed by atoms with van der Waals surface area (Å²) >= 11 is 0. The fourth-order valence-corrected chi connectivity index (χ4v) is 4.17. The Balaban J connectivity index is 1.71. The van der Waals surface area contributed by atoms with Crippen molar-refractivity contribution < 1.29 is 8.42 Å². The number of hydrogen-bond acceptors (Lipinski definition) is 5. The number of aromatic nitrogens is 4. The van der Waals surface area contributed by atoms with Gasteiger partial charge < -0.3 is 4.98 Å². The number of nitrogens with one attached hydrogen (secondary N) is 1. The summed E-state index contributed by atoms with van der Waals surface area (Å²) < 4.78 is 27.4. The number of hydrogen-bond donors (Lipinski definition) is 1. The minimum atomic E-state index is -3.35. The van der Waals surface area contributed by atoms with Crippen molar-refractivity contribution in [1.82, 2.24) is 28.5 Å². The largest absolute Gasteiger partial charge is 0.343 e. The molecule has 0 aliphatic carbocycles. The maximum atomic E-state index is 12.3. The van der Waals surface area contributed by atoms with Crippen molar-refractivity contribution in [3.05, 3.63) is 30.5 Å². The predicted molar refractivity (Wildman–Crippen MR) is 90.2 cm³/mol. The molecule has 2 aromatic rings. The van der Waals surface area contributed by atoms with Crippen LogP contribution in [-0.4, -0.2) is 64.1 Å². The SMILES string of the molecule is CN(C)S(=O)(=O)N1CCCC(Cc2cncc(-c3ncc[nH]3)n2)C1. The van der Waals surface area contributed by atoms with Crippen molar-refractivity contribution in [2.45, 2.75) is 19.3 Å². The second-order valence-electron chi connectivity index (χ2n) is 6.19. The molecule has 8 nitrogen and oxygen atoms in total. The lowest BCUT2D eigenvalue weighted by Crippen LogP contribution is -2.45. The maximum Gasteiger partial charge on any atom is 0.281 e. The van der Waals surface area contributed by atoms with Crippen LogP contribution < -0.4 is 0 Å². The first-order valence-electron chi connectivity index (χ1n) is 7.95. The van der Waals surface area contributed by atoms with E-state index in [0.29, 0.717) is 31.0 Å². The molecule has 0 radical (unpaired) electrons. The highest BCUT2D eigenvalue weighted by molar-refractivity contribution is 7.86. The number of aromatic amines is 1. The summed E-state index contributed by atoms with van der Waals surface area (Å²) in [5.74, 6) is 0.930. The highest BCUT2D eigenvalue weighted by atomic mass is 32.2. The van der Waals surface area contributed by atoms with Crippen LogP contribution in [0.5, 0.6) is 0 Å². The van der Waals surface area contributed by atoms with E-state index >= 15 is 0 Å². The Morgan fingerprint density at radius 3 is 2.92 bits per heavy atom. The molecule has 1 fully saturated rings. The van der Waals surface area contributed by atoms with Gasteiger partial charge in [0, 0.05) is 45.8 Å². The Morgan fingerprint density at radius 1 is 1.38 bits per heavy atom. The Labute approximate surface area is 142 Å². The number of H-pyrrole nitrogens is 1. The van der Waals surface area contributed by atoms with Crippen LogP contribution in [0.1, 0.15) is 18.5 Å². The highest BCUT2D eigenvalue weighted by Gasteiger charge is 2.30. The van der Waals surface area contributed by atoms with Gasteiger partial charge in [0.25, 0.3) is 10.2 Å². The van der Waals surface area contributed by atoms with Gasteiger partial charge in [0.2, 0.25) is 0 Å². The van der Waals surface area contributed by atoms with Gasteiger partial charge in [-0.1, -0.05) is 0 Å². The fourth-order valence-electron chi connectivity index (χ4n) is 2.95. The van der Waals surface area contributed by atoms with E-state index in [4.69, 9.17) is 0 Å². The average Bonchev–Trinajstić information content (AvgIpc) is 3.10. The molecule has 1 aliphatic rings. The minimum absolute atomic E-state index is 0.245. The van der Waals surface area contributed by atoms with E-state index in [-0.39, 0.29) is 5.92 Å². The van der Waals surface area contributed by atoms with E-state index < -0.39 is 10.2 Å². The normalized spacial score (nSPS) is 19.7. The highest BCUT2D eigenvalue weighted by Crippen LogP contribution is 2.23. The van der Waals surface area contributed by atoms with Crippen molar-refractivity contribution in [2.24, 2.45) is 5.92 Å². The first-order chi connectivity index (χ1) is 11.5. The van der Waals surface area contributed by atoms with E-state index in [2.05, 4.69) is 19.9 Å². The van der Waals surface area contributed by atoms with E-state index in [1.54, 1.807) is 43.2 Å². The zero-order valence-corrected chi connectivity index (χ0v) is 14.7. The molecule has 1 saturated heterocycles. The van der Waals surface area contributed by atoms with Gasteiger partial charge in [0.05, 0.1) is 11.9 Å². The van der Waals surface area contributed by atoms with Crippen LogP contribution in [-0.2, 0) is 16.6 Å². The van der Waals surface area contributed by atoms with Gasteiger partial charge in [-0.05, 0) is 25.2 Å².